The number of hydrogen-bond acceptors (Lipinski definition) is 3. The molecule has 0 aromatic heterocycles. The van der Waals surface area contributed by atoms with Gasteiger partial charge in [0.2, 0.25) is 0 Å². The van der Waals surface area contributed by atoms with Gasteiger partial charge in [-0.15, -0.1) is 0 Å². The van der Waals surface area contributed by atoms with E-state index in [9.17, 15) is 9.18 Å². The van der Waals surface area contributed by atoms with Gasteiger partial charge in [-0.05, 0) is 95.2 Å². The molecule has 0 saturated heterocycles. The second-order valence-corrected chi connectivity index (χ2v) is 10.7. The molecule has 0 amide bonds. The lowest BCUT2D eigenvalue weighted by molar-refractivity contribution is -0.108. The highest BCUT2D eigenvalue weighted by Gasteiger charge is 2.23. The van der Waals surface area contributed by atoms with Gasteiger partial charge in [-0.25, -0.2) is 4.39 Å². The van der Waals surface area contributed by atoms with Crippen LogP contribution in [-0.2, 0) is 24.2 Å². The van der Waals surface area contributed by atoms with E-state index >= 15 is 0 Å². The lowest BCUT2D eigenvalue weighted by atomic mass is 9.79. The Morgan fingerprint density at radius 2 is 1.83 bits per heavy atom. The molecule has 190 valence electrons. The van der Waals surface area contributed by atoms with E-state index in [2.05, 4.69) is 39.0 Å². The van der Waals surface area contributed by atoms with Gasteiger partial charge >= 0.3 is 0 Å². The molecule has 3 aromatic rings. The largest absolute Gasteiger partial charge is 0.497 e. The molecule has 3 nitrogen and oxygen atoms in total. The maximum absolute atomic E-state index is 14.9. The van der Waals surface area contributed by atoms with Crippen LogP contribution in [0.2, 0.25) is 0 Å². The summed E-state index contributed by atoms with van der Waals surface area (Å²) in [5.74, 6) is 1.51. The van der Waals surface area contributed by atoms with E-state index in [0.717, 1.165) is 60.8 Å². The van der Waals surface area contributed by atoms with Crippen LogP contribution in [0.25, 0.3) is 11.1 Å². The minimum Gasteiger partial charge on any atom is -0.497 e. The monoisotopic (exact) mass is 488 g/mol. The lowest BCUT2D eigenvalue weighted by Gasteiger charge is -2.26. The van der Waals surface area contributed by atoms with Gasteiger partial charge in [0.1, 0.15) is 30.2 Å². The molecule has 36 heavy (non-hydrogen) atoms. The van der Waals surface area contributed by atoms with Crippen LogP contribution in [-0.4, -0.2) is 13.4 Å². The maximum Gasteiger partial charge on any atom is 0.131 e. The SMILES string of the molecule is CCCC(C)(C)Cc1cc(COc2ccc3c(c2)C(CC=O)CC3)ccc1-c1cc(OC)ccc1F. The van der Waals surface area contributed by atoms with Crippen molar-refractivity contribution in [1.82, 2.24) is 0 Å². The Hall–Kier alpha value is -3.14. The van der Waals surface area contributed by atoms with E-state index in [4.69, 9.17) is 9.47 Å². The lowest BCUT2D eigenvalue weighted by Crippen LogP contribution is -2.15. The number of benzene rings is 3. The van der Waals surface area contributed by atoms with Crippen molar-refractivity contribution < 1.29 is 18.7 Å². The predicted octanol–water partition coefficient (Wildman–Crippen LogP) is 8.07. The number of aldehydes is 1. The Morgan fingerprint density at radius 3 is 2.58 bits per heavy atom. The number of carbonyl (C=O) groups excluding carboxylic acids is 1. The van der Waals surface area contributed by atoms with E-state index in [1.165, 1.54) is 17.2 Å². The van der Waals surface area contributed by atoms with Crippen LogP contribution in [0.1, 0.15) is 74.6 Å². The topological polar surface area (TPSA) is 35.5 Å². The Labute approximate surface area is 214 Å². The first-order valence-corrected chi connectivity index (χ1v) is 13.0. The van der Waals surface area contributed by atoms with Crippen molar-refractivity contribution >= 4 is 6.29 Å². The number of methoxy groups -OCH3 is 1. The van der Waals surface area contributed by atoms with Crippen molar-refractivity contribution in [3.05, 3.63) is 82.7 Å². The molecular weight excluding hydrogens is 451 g/mol. The number of rotatable bonds is 11. The highest BCUT2D eigenvalue weighted by molar-refractivity contribution is 5.70. The van der Waals surface area contributed by atoms with Crippen LogP contribution in [0.5, 0.6) is 11.5 Å². The third kappa shape index (κ3) is 5.98. The number of halogens is 1. The molecule has 0 spiro atoms. The third-order valence-corrected chi connectivity index (χ3v) is 7.33. The van der Waals surface area contributed by atoms with Gasteiger partial charge in [-0.3, -0.25) is 0 Å². The van der Waals surface area contributed by atoms with E-state index < -0.39 is 0 Å². The summed E-state index contributed by atoms with van der Waals surface area (Å²) < 4.78 is 26.5. The fraction of sp³-hybridized carbons (Fsp3) is 0.406. The summed E-state index contributed by atoms with van der Waals surface area (Å²) in [6.45, 7) is 7.17. The summed E-state index contributed by atoms with van der Waals surface area (Å²) >= 11 is 0. The molecule has 1 unspecified atom stereocenters. The van der Waals surface area contributed by atoms with Crippen LogP contribution in [0, 0.1) is 11.2 Å². The van der Waals surface area contributed by atoms with Crippen molar-refractivity contribution in [3.63, 3.8) is 0 Å². The number of fused-ring (bicyclic) bond motifs is 1. The summed E-state index contributed by atoms with van der Waals surface area (Å²) in [5.41, 5.74) is 6.27. The smallest absolute Gasteiger partial charge is 0.131 e. The van der Waals surface area contributed by atoms with Crippen LogP contribution < -0.4 is 9.47 Å². The van der Waals surface area contributed by atoms with Crippen molar-refractivity contribution in [2.75, 3.05) is 7.11 Å². The van der Waals surface area contributed by atoms with Crippen LogP contribution in [0.3, 0.4) is 0 Å². The summed E-state index contributed by atoms with van der Waals surface area (Å²) in [6, 6.07) is 17.3. The van der Waals surface area contributed by atoms with Gasteiger partial charge in [0.05, 0.1) is 7.11 Å². The normalized spacial score (nSPS) is 15.0. The zero-order valence-electron chi connectivity index (χ0n) is 21.9. The summed E-state index contributed by atoms with van der Waals surface area (Å²) in [6.07, 6.45) is 6.65. The average Bonchev–Trinajstić information content (AvgIpc) is 3.25. The van der Waals surface area contributed by atoms with Crippen LogP contribution in [0.4, 0.5) is 4.39 Å². The molecule has 0 radical (unpaired) electrons. The zero-order chi connectivity index (χ0) is 25.7. The fourth-order valence-electron chi connectivity index (χ4n) is 5.55. The van der Waals surface area contributed by atoms with Crippen molar-refractivity contribution in [3.8, 4) is 22.6 Å². The summed E-state index contributed by atoms with van der Waals surface area (Å²) in [4.78, 5) is 11.1. The van der Waals surface area contributed by atoms with Gasteiger partial charge in [0.25, 0.3) is 0 Å². The van der Waals surface area contributed by atoms with Gasteiger partial charge in [0, 0.05) is 12.0 Å². The molecule has 0 fully saturated rings. The fourth-order valence-corrected chi connectivity index (χ4v) is 5.55. The first-order valence-electron chi connectivity index (χ1n) is 13.0. The molecule has 4 rings (SSSR count). The van der Waals surface area contributed by atoms with Crippen molar-refractivity contribution in [2.45, 2.75) is 71.8 Å². The number of hydrogen-bond donors (Lipinski definition) is 0. The Kier molecular flexibility index (Phi) is 8.13. The van der Waals surface area contributed by atoms with E-state index in [1.807, 2.05) is 18.2 Å². The number of ether oxygens (including phenoxy) is 2. The highest BCUT2D eigenvalue weighted by atomic mass is 19.1. The van der Waals surface area contributed by atoms with E-state index in [1.54, 1.807) is 19.2 Å². The first-order chi connectivity index (χ1) is 17.3. The minimum absolute atomic E-state index is 0.0892. The van der Waals surface area contributed by atoms with Gasteiger partial charge in [-0.2, -0.15) is 0 Å². The van der Waals surface area contributed by atoms with Gasteiger partial charge < -0.3 is 14.3 Å². The third-order valence-electron chi connectivity index (χ3n) is 7.33. The van der Waals surface area contributed by atoms with E-state index in [-0.39, 0.29) is 11.2 Å². The molecule has 4 heteroatoms. The van der Waals surface area contributed by atoms with Crippen LogP contribution in [0.15, 0.2) is 54.6 Å². The molecule has 1 aliphatic carbocycles. The molecule has 0 heterocycles. The quantitative estimate of drug-likeness (QED) is 0.256. The number of aryl methyl sites for hydroxylation is 1. The molecule has 0 bridgehead atoms. The molecule has 0 saturated carbocycles. The second kappa shape index (κ2) is 11.3. The van der Waals surface area contributed by atoms with Crippen molar-refractivity contribution in [1.29, 1.82) is 0 Å². The van der Waals surface area contributed by atoms with E-state index in [0.29, 0.717) is 30.3 Å². The van der Waals surface area contributed by atoms with Gasteiger partial charge in [-0.1, -0.05) is 51.5 Å². The molecule has 1 atom stereocenters. The molecule has 0 aliphatic heterocycles. The maximum atomic E-state index is 14.9. The molecule has 3 aromatic carbocycles. The number of carbonyl (C=O) groups is 1. The van der Waals surface area contributed by atoms with Crippen LogP contribution >= 0.6 is 0 Å². The summed E-state index contributed by atoms with van der Waals surface area (Å²) in [7, 11) is 1.60. The average molecular weight is 489 g/mol. The summed E-state index contributed by atoms with van der Waals surface area (Å²) in [5, 5.41) is 0. The molecule has 1 aliphatic rings. The molecule has 0 N–H and O–H groups in total. The predicted molar refractivity (Wildman–Crippen MR) is 143 cm³/mol. The Bertz CT molecular complexity index is 1210. The first kappa shape index (κ1) is 25.9. The Morgan fingerprint density at radius 1 is 1.03 bits per heavy atom. The molecular formula is C32H37FO3. The Balaban J connectivity index is 1.61. The highest BCUT2D eigenvalue weighted by Crippen LogP contribution is 2.38. The second-order valence-electron chi connectivity index (χ2n) is 10.7. The standard InChI is InChI=1S/C32H37FO3/c1-5-15-32(2,3)20-25-17-22(6-12-28(25)30-18-26(35-4)11-13-31(30)33)21-36-27-10-9-23-7-8-24(14-16-34)29(23)19-27/h6,9-13,16-19,24H,5,7-8,14-15,20-21H2,1-4H3. The van der Waals surface area contributed by atoms with Gasteiger partial charge in [0.15, 0.2) is 0 Å². The van der Waals surface area contributed by atoms with Crippen molar-refractivity contribution in [2.24, 2.45) is 5.41 Å². The minimum atomic E-state index is -0.252. The zero-order valence-corrected chi connectivity index (χ0v) is 21.9.